The Labute approximate surface area is 112 Å². The van der Waals surface area contributed by atoms with Gasteiger partial charge in [-0.3, -0.25) is 4.90 Å². The number of piperazine rings is 1. The van der Waals surface area contributed by atoms with E-state index in [1.54, 1.807) is 0 Å². The quantitative estimate of drug-likeness (QED) is 0.900. The molecule has 1 aliphatic rings. The standard InChI is InChI=1S/C14H18ClN3/c1-17-4-6-18(7-5-17)10-12-9-13(15)8-11-2-3-16-14(11)12/h2-3,8-9,16H,4-7,10H2,1H3. The predicted molar refractivity (Wildman–Crippen MR) is 76.1 cm³/mol. The number of aromatic amines is 1. The number of likely N-dealkylation sites (N-methyl/N-ethyl adjacent to an activating group) is 1. The number of benzene rings is 1. The van der Waals surface area contributed by atoms with Gasteiger partial charge in [0, 0.05) is 49.3 Å². The molecule has 1 saturated heterocycles. The highest BCUT2D eigenvalue weighted by atomic mass is 35.5. The summed E-state index contributed by atoms with van der Waals surface area (Å²) in [5.74, 6) is 0. The highest BCUT2D eigenvalue weighted by Crippen LogP contribution is 2.24. The number of nitrogens with zero attached hydrogens (tertiary/aromatic N) is 2. The van der Waals surface area contributed by atoms with Crippen molar-refractivity contribution in [2.45, 2.75) is 6.54 Å². The van der Waals surface area contributed by atoms with E-state index in [0.29, 0.717) is 0 Å². The zero-order valence-electron chi connectivity index (χ0n) is 10.6. The highest BCUT2D eigenvalue weighted by Gasteiger charge is 2.15. The lowest BCUT2D eigenvalue weighted by molar-refractivity contribution is 0.148. The average molecular weight is 264 g/mol. The van der Waals surface area contributed by atoms with Crippen molar-refractivity contribution in [1.29, 1.82) is 0 Å². The van der Waals surface area contributed by atoms with Gasteiger partial charge in [0.1, 0.15) is 0 Å². The summed E-state index contributed by atoms with van der Waals surface area (Å²) in [5.41, 5.74) is 2.52. The van der Waals surface area contributed by atoms with E-state index in [1.807, 2.05) is 12.3 Å². The Bertz CT molecular complexity index is 541. The number of H-pyrrole nitrogens is 1. The summed E-state index contributed by atoms with van der Waals surface area (Å²) in [7, 11) is 2.18. The number of aromatic nitrogens is 1. The molecule has 96 valence electrons. The van der Waals surface area contributed by atoms with Crippen LogP contribution in [-0.4, -0.2) is 48.0 Å². The third-order valence-corrected chi connectivity index (χ3v) is 3.91. The maximum atomic E-state index is 6.18. The molecule has 1 aromatic carbocycles. The zero-order chi connectivity index (χ0) is 12.5. The number of fused-ring (bicyclic) bond motifs is 1. The first kappa shape index (κ1) is 12.0. The Morgan fingerprint density at radius 1 is 1.22 bits per heavy atom. The van der Waals surface area contributed by atoms with Crippen molar-refractivity contribution >= 4 is 22.5 Å². The summed E-state index contributed by atoms with van der Waals surface area (Å²) in [4.78, 5) is 8.18. The fourth-order valence-electron chi connectivity index (χ4n) is 2.58. The molecular formula is C14H18ClN3. The lowest BCUT2D eigenvalue weighted by Crippen LogP contribution is -2.43. The fraction of sp³-hybridized carbons (Fsp3) is 0.429. The topological polar surface area (TPSA) is 22.3 Å². The number of halogens is 1. The molecule has 0 radical (unpaired) electrons. The van der Waals surface area contributed by atoms with Crippen LogP contribution in [0.5, 0.6) is 0 Å². The molecule has 0 unspecified atom stereocenters. The summed E-state index contributed by atoms with van der Waals surface area (Å²) in [5, 5.41) is 2.03. The normalized spacial score (nSPS) is 18.6. The molecule has 1 fully saturated rings. The van der Waals surface area contributed by atoms with Crippen molar-refractivity contribution in [3.8, 4) is 0 Å². The summed E-state index contributed by atoms with van der Waals surface area (Å²) >= 11 is 6.18. The summed E-state index contributed by atoms with van der Waals surface area (Å²) in [6, 6.07) is 6.17. The number of hydrogen-bond acceptors (Lipinski definition) is 2. The van der Waals surface area contributed by atoms with E-state index in [-0.39, 0.29) is 0 Å². The van der Waals surface area contributed by atoms with Crippen molar-refractivity contribution in [2.75, 3.05) is 33.2 Å². The molecule has 0 atom stereocenters. The van der Waals surface area contributed by atoms with Crippen LogP contribution in [-0.2, 0) is 6.54 Å². The van der Waals surface area contributed by atoms with E-state index in [1.165, 1.54) is 16.5 Å². The molecule has 1 aromatic heterocycles. The van der Waals surface area contributed by atoms with E-state index in [9.17, 15) is 0 Å². The van der Waals surface area contributed by atoms with Gasteiger partial charge in [-0.1, -0.05) is 11.6 Å². The van der Waals surface area contributed by atoms with Gasteiger partial charge in [-0.15, -0.1) is 0 Å². The smallest absolute Gasteiger partial charge is 0.0500 e. The predicted octanol–water partition coefficient (Wildman–Crippen LogP) is 2.57. The van der Waals surface area contributed by atoms with Crippen LogP contribution in [0.15, 0.2) is 24.4 Å². The van der Waals surface area contributed by atoms with E-state index in [0.717, 1.165) is 37.7 Å². The van der Waals surface area contributed by atoms with Crippen LogP contribution in [0.1, 0.15) is 5.56 Å². The van der Waals surface area contributed by atoms with Gasteiger partial charge in [-0.25, -0.2) is 0 Å². The van der Waals surface area contributed by atoms with Crippen molar-refractivity contribution in [3.63, 3.8) is 0 Å². The van der Waals surface area contributed by atoms with Gasteiger partial charge in [-0.05, 0) is 30.8 Å². The molecule has 18 heavy (non-hydrogen) atoms. The van der Waals surface area contributed by atoms with E-state index in [2.05, 4.69) is 34.0 Å². The maximum absolute atomic E-state index is 6.18. The Hall–Kier alpha value is -1.03. The van der Waals surface area contributed by atoms with Gasteiger partial charge in [0.15, 0.2) is 0 Å². The number of hydrogen-bond donors (Lipinski definition) is 1. The largest absolute Gasteiger partial charge is 0.361 e. The molecule has 0 amide bonds. The third-order valence-electron chi connectivity index (χ3n) is 3.70. The van der Waals surface area contributed by atoms with Crippen LogP contribution >= 0.6 is 11.6 Å². The monoisotopic (exact) mass is 263 g/mol. The third kappa shape index (κ3) is 2.39. The Morgan fingerprint density at radius 3 is 2.78 bits per heavy atom. The molecule has 2 heterocycles. The van der Waals surface area contributed by atoms with Gasteiger partial charge in [0.25, 0.3) is 0 Å². The van der Waals surface area contributed by atoms with Crippen LogP contribution < -0.4 is 0 Å². The molecule has 1 aliphatic heterocycles. The molecule has 1 N–H and O–H groups in total. The van der Waals surface area contributed by atoms with Crippen molar-refractivity contribution < 1.29 is 0 Å². The van der Waals surface area contributed by atoms with Gasteiger partial charge < -0.3 is 9.88 Å². The van der Waals surface area contributed by atoms with Crippen molar-refractivity contribution in [2.24, 2.45) is 0 Å². The molecule has 3 nitrogen and oxygen atoms in total. The molecule has 2 aromatic rings. The van der Waals surface area contributed by atoms with E-state index < -0.39 is 0 Å². The minimum atomic E-state index is 0.825. The van der Waals surface area contributed by atoms with Gasteiger partial charge >= 0.3 is 0 Å². The van der Waals surface area contributed by atoms with Gasteiger partial charge in [-0.2, -0.15) is 0 Å². The minimum Gasteiger partial charge on any atom is -0.361 e. The fourth-order valence-corrected chi connectivity index (χ4v) is 2.83. The molecule has 3 rings (SSSR count). The lowest BCUT2D eigenvalue weighted by Gasteiger charge is -2.32. The van der Waals surface area contributed by atoms with Crippen molar-refractivity contribution in [3.05, 3.63) is 35.0 Å². The van der Waals surface area contributed by atoms with E-state index >= 15 is 0 Å². The molecule has 0 saturated carbocycles. The molecule has 0 spiro atoms. The Kier molecular flexibility index (Phi) is 3.29. The van der Waals surface area contributed by atoms with Crippen LogP contribution in [0.2, 0.25) is 5.02 Å². The summed E-state index contributed by atoms with van der Waals surface area (Å²) in [6.45, 7) is 5.53. The van der Waals surface area contributed by atoms with E-state index in [4.69, 9.17) is 11.6 Å². The maximum Gasteiger partial charge on any atom is 0.0500 e. The van der Waals surface area contributed by atoms with Crippen LogP contribution in [0.25, 0.3) is 10.9 Å². The van der Waals surface area contributed by atoms with Gasteiger partial charge in [0.2, 0.25) is 0 Å². The van der Waals surface area contributed by atoms with Crippen LogP contribution in [0, 0.1) is 0 Å². The molecule has 0 bridgehead atoms. The van der Waals surface area contributed by atoms with Gasteiger partial charge in [0.05, 0.1) is 5.52 Å². The zero-order valence-corrected chi connectivity index (χ0v) is 11.4. The minimum absolute atomic E-state index is 0.825. The summed E-state index contributed by atoms with van der Waals surface area (Å²) < 4.78 is 0. The summed E-state index contributed by atoms with van der Waals surface area (Å²) in [6.07, 6.45) is 1.98. The number of nitrogens with one attached hydrogen (secondary N) is 1. The molecular weight excluding hydrogens is 246 g/mol. The first-order valence-corrected chi connectivity index (χ1v) is 6.76. The second kappa shape index (κ2) is 4.92. The highest BCUT2D eigenvalue weighted by molar-refractivity contribution is 6.31. The Balaban J connectivity index is 1.83. The number of rotatable bonds is 2. The van der Waals surface area contributed by atoms with Crippen LogP contribution in [0.3, 0.4) is 0 Å². The van der Waals surface area contributed by atoms with Crippen molar-refractivity contribution in [1.82, 2.24) is 14.8 Å². The first-order chi connectivity index (χ1) is 8.72. The Morgan fingerprint density at radius 2 is 2.00 bits per heavy atom. The SMILES string of the molecule is CN1CCN(Cc2cc(Cl)cc3cc[nH]c23)CC1. The second-order valence-corrected chi connectivity index (χ2v) is 5.52. The average Bonchev–Trinajstić information content (AvgIpc) is 2.80. The second-order valence-electron chi connectivity index (χ2n) is 5.09. The lowest BCUT2D eigenvalue weighted by atomic mass is 10.1. The molecule has 0 aliphatic carbocycles. The van der Waals surface area contributed by atoms with Crippen LogP contribution in [0.4, 0.5) is 0 Å². The molecule has 4 heteroatoms. The first-order valence-electron chi connectivity index (χ1n) is 6.39.